The maximum atomic E-state index is 10.6. The van der Waals surface area contributed by atoms with Gasteiger partial charge in [0.05, 0.1) is 0 Å². The van der Waals surface area contributed by atoms with Crippen LogP contribution in [0.1, 0.15) is 19.8 Å². The van der Waals surface area contributed by atoms with Gasteiger partial charge in [0.2, 0.25) is 5.91 Å². The van der Waals surface area contributed by atoms with Crippen LogP contribution < -0.4 is 16.1 Å². The van der Waals surface area contributed by atoms with Gasteiger partial charge in [0.25, 0.3) is 7.59 Å². The molecule has 0 saturated heterocycles. The quantitative estimate of drug-likeness (QED) is 0.509. The summed E-state index contributed by atoms with van der Waals surface area (Å²) >= 11 is 0. The zero-order valence-electron chi connectivity index (χ0n) is 5.83. The van der Waals surface area contributed by atoms with Crippen LogP contribution in [-0.4, -0.2) is 5.91 Å². The minimum Gasteiger partial charge on any atom is -0.283 e. The van der Waals surface area contributed by atoms with Gasteiger partial charge in [0.1, 0.15) is 0 Å². The van der Waals surface area contributed by atoms with Crippen molar-refractivity contribution < 1.29 is 9.36 Å². The van der Waals surface area contributed by atoms with Crippen molar-refractivity contribution in [2.24, 2.45) is 11.0 Å². The molecule has 0 aliphatic heterocycles. The summed E-state index contributed by atoms with van der Waals surface area (Å²) in [5, 5.41) is 1.99. The second kappa shape index (κ2) is 3.71. The van der Waals surface area contributed by atoms with Crippen molar-refractivity contribution >= 4 is 13.5 Å². The molecule has 0 aromatic rings. The number of nitrogens with one attached hydrogen (secondary N) is 1. The molecule has 0 unspecified atom stereocenters. The summed E-state index contributed by atoms with van der Waals surface area (Å²) in [6.07, 6.45) is 0.990. The standard InChI is InChI=1S/C4H12N3O2P/c1-2-3-4(8)7-10(5,6)9/h2-3H2,1H3,(H5,5,6,7,8,9). The number of hydrogen-bond acceptors (Lipinski definition) is 2. The summed E-state index contributed by atoms with van der Waals surface area (Å²) in [5.41, 5.74) is 9.74. The molecule has 0 aliphatic carbocycles. The third kappa shape index (κ3) is 5.75. The Bertz CT molecular complexity index is 164. The van der Waals surface area contributed by atoms with Crippen molar-refractivity contribution in [2.45, 2.75) is 19.8 Å². The molecule has 0 aromatic heterocycles. The Morgan fingerprint density at radius 1 is 1.60 bits per heavy atom. The first-order valence-electron chi connectivity index (χ1n) is 2.94. The van der Waals surface area contributed by atoms with Gasteiger partial charge in [-0.1, -0.05) is 6.92 Å². The van der Waals surface area contributed by atoms with Crippen molar-refractivity contribution in [3.8, 4) is 0 Å². The van der Waals surface area contributed by atoms with Gasteiger partial charge in [0, 0.05) is 6.42 Å². The molecule has 0 aromatic carbocycles. The fourth-order valence-electron chi connectivity index (χ4n) is 0.478. The molecule has 0 saturated carbocycles. The normalized spacial score (nSPS) is 11.1. The third-order valence-electron chi connectivity index (χ3n) is 0.777. The van der Waals surface area contributed by atoms with Gasteiger partial charge in [0.15, 0.2) is 0 Å². The highest BCUT2D eigenvalue weighted by Crippen LogP contribution is 2.17. The van der Waals surface area contributed by atoms with E-state index in [2.05, 4.69) is 0 Å². The van der Waals surface area contributed by atoms with Crippen LogP contribution in [0.15, 0.2) is 0 Å². The van der Waals surface area contributed by atoms with E-state index in [4.69, 9.17) is 11.0 Å². The Kier molecular flexibility index (Phi) is 3.57. The highest BCUT2D eigenvalue weighted by atomic mass is 31.2. The Hall–Kier alpha value is -0.380. The summed E-state index contributed by atoms with van der Waals surface area (Å²) in [6.45, 7) is 1.83. The largest absolute Gasteiger partial charge is 0.300 e. The Morgan fingerprint density at radius 2 is 2.10 bits per heavy atom. The average molecular weight is 165 g/mol. The third-order valence-corrected chi connectivity index (χ3v) is 1.38. The van der Waals surface area contributed by atoms with E-state index in [-0.39, 0.29) is 5.91 Å². The van der Waals surface area contributed by atoms with Gasteiger partial charge in [-0.2, -0.15) is 0 Å². The van der Waals surface area contributed by atoms with E-state index in [1.165, 1.54) is 0 Å². The lowest BCUT2D eigenvalue weighted by atomic mass is 10.3. The fraction of sp³-hybridized carbons (Fsp3) is 0.750. The van der Waals surface area contributed by atoms with Crippen LogP contribution in [0.4, 0.5) is 0 Å². The van der Waals surface area contributed by atoms with Crippen molar-refractivity contribution in [1.82, 2.24) is 5.09 Å². The van der Waals surface area contributed by atoms with E-state index < -0.39 is 7.59 Å². The molecule has 0 bridgehead atoms. The summed E-state index contributed by atoms with van der Waals surface area (Å²) in [5.74, 6) is -0.365. The van der Waals surface area contributed by atoms with Crippen LogP contribution in [0.25, 0.3) is 0 Å². The average Bonchev–Trinajstić information content (AvgIpc) is 1.59. The van der Waals surface area contributed by atoms with E-state index in [0.717, 1.165) is 0 Å². The lowest BCUT2D eigenvalue weighted by molar-refractivity contribution is -0.119. The molecular formula is C4H12N3O2P. The van der Waals surface area contributed by atoms with Crippen molar-refractivity contribution in [1.29, 1.82) is 0 Å². The number of carbonyl (C=O) groups is 1. The number of rotatable bonds is 3. The van der Waals surface area contributed by atoms with Gasteiger partial charge in [-0.05, 0) is 6.42 Å². The number of amides is 1. The van der Waals surface area contributed by atoms with Crippen molar-refractivity contribution in [2.75, 3.05) is 0 Å². The molecule has 0 aliphatic rings. The van der Waals surface area contributed by atoms with E-state index in [0.29, 0.717) is 12.8 Å². The molecule has 60 valence electrons. The maximum Gasteiger partial charge on any atom is 0.300 e. The Balaban J connectivity index is 3.70. The van der Waals surface area contributed by atoms with Crippen LogP contribution >= 0.6 is 7.59 Å². The van der Waals surface area contributed by atoms with Crippen LogP contribution in [-0.2, 0) is 9.36 Å². The van der Waals surface area contributed by atoms with Gasteiger partial charge in [-0.25, -0.2) is 0 Å². The summed E-state index contributed by atoms with van der Waals surface area (Å²) < 4.78 is 10.5. The topological polar surface area (TPSA) is 98.2 Å². The summed E-state index contributed by atoms with van der Waals surface area (Å²) in [4.78, 5) is 10.6. The van der Waals surface area contributed by atoms with E-state index in [1.54, 1.807) is 0 Å². The van der Waals surface area contributed by atoms with Gasteiger partial charge < -0.3 is 0 Å². The number of nitrogens with two attached hydrogens (primary N) is 2. The monoisotopic (exact) mass is 165 g/mol. The molecule has 6 heteroatoms. The molecule has 5 nitrogen and oxygen atoms in total. The van der Waals surface area contributed by atoms with Crippen LogP contribution in [0.2, 0.25) is 0 Å². The van der Waals surface area contributed by atoms with Gasteiger partial charge in [-0.15, -0.1) is 0 Å². The molecule has 0 rings (SSSR count). The highest BCUT2D eigenvalue weighted by Gasteiger charge is 2.10. The van der Waals surface area contributed by atoms with Crippen molar-refractivity contribution in [3.05, 3.63) is 0 Å². The summed E-state index contributed by atoms with van der Waals surface area (Å²) in [6, 6.07) is 0. The molecular weight excluding hydrogens is 153 g/mol. The number of hydrogen-bond donors (Lipinski definition) is 3. The van der Waals surface area contributed by atoms with Crippen LogP contribution in [0, 0.1) is 0 Å². The van der Waals surface area contributed by atoms with E-state index >= 15 is 0 Å². The van der Waals surface area contributed by atoms with Gasteiger partial charge >= 0.3 is 0 Å². The van der Waals surface area contributed by atoms with Crippen LogP contribution in [0.5, 0.6) is 0 Å². The first kappa shape index (κ1) is 9.62. The van der Waals surface area contributed by atoms with Crippen molar-refractivity contribution in [3.63, 3.8) is 0 Å². The van der Waals surface area contributed by atoms with E-state index in [9.17, 15) is 9.36 Å². The Labute approximate surface area is 59.7 Å². The molecule has 0 spiro atoms. The highest BCUT2D eigenvalue weighted by molar-refractivity contribution is 7.57. The van der Waals surface area contributed by atoms with E-state index in [1.807, 2.05) is 12.0 Å². The van der Waals surface area contributed by atoms with Gasteiger partial charge in [-0.3, -0.25) is 25.5 Å². The molecule has 0 fully saturated rings. The molecule has 0 heterocycles. The maximum absolute atomic E-state index is 10.6. The molecule has 0 radical (unpaired) electrons. The van der Waals surface area contributed by atoms with Crippen LogP contribution in [0.3, 0.4) is 0 Å². The lowest BCUT2D eigenvalue weighted by Crippen LogP contribution is -2.27. The first-order chi connectivity index (χ1) is 4.45. The lowest BCUT2D eigenvalue weighted by Gasteiger charge is -2.06. The fourth-order valence-corrected chi connectivity index (χ4v) is 0.979. The predicted octanol–water partition coefficient (Wildman–Crippen LogP) is -0.0718. The predicted molar refractivity (Wildman–Crippen MR) is 39.0 cm³/mol. The number of carbonyl (C=O) groups excluding carboxylic acids is 1. The summed E-state index contributed by atoms with van der Waals surface area (Å²) in [7, 11) is -3.35. The zero-order chi connectivity index (χ0) is 8.20. The minimum absolute atomic E-state index is 0.304. The zero-order valence-corrected chi connectivity index (χ0v) is 6.73. The second-order valence-electron chi connectivity index (χ2n) is 1.99. The molecule has 1 amide bonds. The molecule has 10 heavy (non-hydrogen) atoms. The first-order valence-corrected chi connectivity index (χ1v) is 4.78. The smallest absolute Gasteiger partial charge is 0.283 e. The Morgan fingerprint density at radius 3 is 2.40 bits per heavy atom. The second-order valence-corrected chi connectivity index (χ2v) is 3.64. The molecule has 0 atom stereocenters. The minimum atomic E-state index is -3.35. The SMILES string of the molecule is CCCC(=O)NP(N)(N)=O. The molecule has 5 N–H and O–H groups in total.